The third-order valence-corrected chi connectivity index (χ3v) is 6.26. The van der Waals surface area contributed by atoms with Crippen molar-refractivity contribution < 1.29 is 41.0 Å². The van der Waals surface area contributed by atoms with Crippen LogP contribution in [-0.4, -0.2) is 53.9 Å². The number of nitrogens with one attached hydrogen (secondary N) is 1. The average molecular weight is 494 g/mol. The summed E-state index contributed by atoms with van der Waals surface area (Å²) in [5, 5.41) is 14.5. The minimum absolute atomic E-state index is 0.0158. The highest BCUT2D eigenvalue weighted by Crippen LogP contribution is 2.37. The Kier molecular flexibility index (Phi) is 7.99. The number of benzene rings is 1. The molecular weight excluding hydrogens is 466 g/mol. The van der Waals surface area contributed by atoms with E-state index in [1.54, 1.807) is 0 Å². The maximum Gasteiger partial charge on any atom is 0.416 e. The van der Waals surface area contributed by atoms with Gasteiger partial charge in [0.1, 0.15) is 0 Å². The van der Waals surface area contributed by atoms with Crippen LogP contribution in [0.2, 0.25) is 0 Å². The molecule has 0 saturated carbocycles. The Labute approximate surface area is 193 Å². The Morgan fingerprint density at radius 3 is 2.18 bits per heavy atom. The van der Waals surface area contributed by atoms with Crippen LogP contribution in [0.4, 0.5) is 26.3 Å². The molecule has 0 spiro atoms. The molecule has 34 heavy (non-hydrogen) atoms. The number of amides is 1. The lowest BCUT2D eigenvalue weighted by Crippen LogP contribution is -2.46. The highest BCUT2D eigenvalue weighted by atomic mass is 19.4. The lowest BCUT2D eigenvalue weighted by Gasteiger charge is -2.34. The maximum atomic E-state index is 13.1. The van der Waals surface area contributed by atoms with Gasteiger partial charge >= 0.3 is 12.4 Å². The highest BCUT2D eigenvalue weighted by Gasteiger charge is 2.39. The molecule has 3 atom stereocenters. The van der Waals surface area contributed by atoms with Crippen molar-refractivity contribution >= 4 is 6.41 Å². The summed E-state index contributed by atoms with van der Waals surface area (Å²) < 4.78 is 84.1. The minimum Gasteiger partial charge on any atom is -0.388 e. The number of hydrogen-bond acceptors (Lipinski definition) is 4. The third-order valence-electron chi connectivity index (χ3n) is 6.26. The van der Waals surface area contributed by atoms with Crippen LogP contribution in [0.5, 0.6) is 0 Å². The summed E-state index contributed by atoms with van der Waals surface area (Å²) in [6.45, 7) is 2.09. The second-order valence-electron chi connectivity index (χ2n) is 9.17. The van der Waals surface area contributed by atoms with Gasteiger partial charge in [-0.3, -0.25) is 4.79 Å². The van der Waals surface area contributed by atoms with Crippen LogP contribution >= 0.6 is 0 Å². The molecule has 1 amide bonds. The first-order valence-corrected chi connectivity index (χ1v) is 11.0. The molecule has 0 bridgehead atoms. The Balaban J connectivity index is 1.67. The van der Waals surface area contributed by atoms with E-state index in [0.29, 0.717) is 44.2 Å². The van der Waals surface area contributed by atoms with E-state index in [1.165, 1.54) is 6.92 Å². The van der Waals surface area contributed by atoms with Crippen LogP contribution in [0.15, 0.2) is 30.4 Å². The molecule has 0 radical (unpaired) electrons. The van der Waals surface area contributed by atoms with Gasteiger partial charge < -0.3 is 20.1 Å². The first-order chi connectivity index (χ1) is 15.8. The third kappa shape index (κ3) is 6.96. The summed E-state index contributed by atoms with van der Waals surface area (Å²) in [6, 6.07) is 1.53. The molecule has 190 valence electrons. The van der Waals surface area contributed by atoms with Gasteiger partial charge in [-0.15, -0.1) is 0 Å². The summed E-state index contributed by atoms with van der Waals surface area (Å²) >= 11 is 0. The zero-order valence-corrected chi connectivity index (χ0v) is 18.6. The van der Waals surface area contributed by atoms with Crippen LogP contribution in [0.25, 0.3) is 0 Å². The van der Waals surface area contributed by atoms with Gasteiger partial charge in [-0.2, -0.15) is 26.3 Å². The van der Waals surface area contributed by atoms with Crippen LogP contribution < -0.4 is 5.32 Å². The number of nitrogens with zero attached hydrogens (tertiary/aromatic N) is 1. The van der Waals surface area contributed by atoms with Crippen molar-refractivity contribution in [3.05, 3.63) is 47.0 Å². The van der Waals surface area contributed by atoms with Gasteiger partial charge in [0.15, 0.2) is 0 Å². The van der Waals surface area contributed by atoms with Crippen LogP contribution in [0.3, 0.4) is 0 Å². The number of alkyl halides is 6. The Hall–Kier alpha value is -2.11. The van der Waals surface area contributed by atoms with E-state index in [1.807, 2.05) is 12.2 Å². The number of halogens is 6. The van der Waals surface area contributed by atoms with Crippen molar-refractivity contribution in [3.63, 3.8) is 0 Å². The predicted octanol–water partition coefficient (Wildman–Crippen LogP) is 4.15. The fourth-order valence-corrected chi connectivity index (χ4v) is 4.45. The first-order valence-electron chi connectivity index (χ1n) is 11.0. The zero-order valence-electron chi connectivity index (χ0n) is 18.6. The molecule has 1 unspecified atom stereocenters. The first kappa shape index (κ1) is 26.5. The Morgan fingerprint density at radius 1 is 1.06 bits per heavy atom. The van der Waals surface area contributed by atoms with Gasteiger partial charge in [-0.25, -0.2) is 0 Å². The van der Waals surface area contributed by atoms with E-state index in [0.717, 1.165) is 17.7 Å². The van der Waals surface area contributed by atoms with Crippen molar-refractivity contribution in [1.82, 2.24) is 10.2 Å². The molecule has 1 aromatic carbocycles. The lowest BCUT2D eigenvalue weighted by molar-refractivity contribution is -0.143. The molecule has 1 heterocycles. The predicted molar refractivity (Wildman–Crippen MR) is 112 cm³/mol. The van der Waals surface area contributed by atoms with Gasteiger partial charge in [0.25, 0.3) is 0 Å². The fraction of sp³-hybridized carbons (Fsp3) is 0.609. The molecule has 1 aliphatic carbocycles. The number of carbonyl (C=O) groups is 1. The second kappa shape index (κ2) is 10.2. The smallest absolute Gasteiger partial charge is 0.388 e. The van der Waals surface area contributed by atoms with Crippen molar-refractivity contribution in [1.29, 1.82) is 0 Å². The molecule has 1 aliphatic heterocycles. The molecular formula is C23H28F6N2O3. The van der Waals surface area contributed by atoms with Gasteiger partial charge in [0.05, 0.1) is 16.7 Å². The van der Waals surface area contributed by atoms with E-state index < -0.39 is 35.6 Å². The molecule has 11 heteroatoms. The van der Waals surface area contributed by atoms with Gasteiger partial charge in [-0.1, -0.05) is 12.2 Å². The van der Waals surface area contributed by atoms with Crippen molar-refractivity contribution in [3.8, 4) is 0 Å². The molecule has 2 N–H and O–H groups in total. The van der Waals surface area contributed by atoms with E-state index >= 15 is 0 Å². The summed E-state index contributed by atoms with van der Waals surface area (Å²) in [5.41, 5.74) is -4.66. The van der Waals surface area contributed by atoms with Gasteiger partial charge in [0, 0.05) is 44.3 Å². The van der Waals surface area contributed by atoms with Gasteiger partial charge in [0.2, 0.25) is 6.41 Å². The van der Waals surface area contributed by atoms with E-state index in [2.05, 4.69) is 5.32 Å². The topological polar surface area (TPSA) is 61.8 Å². The Bertz CT molecular complexity index is 846. The van der Waals surface area contributed by atoms with Crippen LogP contribution in [0, 0.1) is 5.92 Å². The number of rotatable bonds is 8. The maximum absolute atomic E-state index is 13.1. The van der Waals surface area contributed by atoms with E-state index in [-0.39, 0.29) is 30.1 Å². The highest BCUT2D eigenvalue weighted by molar-refractivity contribution is 5.48. The van der Waals surface area contributed by atoms with Crippen molar-refractivity contribution in [2.75, 3.05) is 19.8 Å². The largest absolute Gasteiger partial charge is 0.416 e. The fourth-order valence-electron chi connectivity index (χ4n) is 4.45. The zero-order chi connectivity index (χ0) is 25.1. The number of ether oxygens (including phenoxy) is 1. The minimum atomic E-state index is -4.98. The standard InChI is InChI=1S/C23H28F6N2O3/c1-21(33,16-2-3-20(11-16)30-19-4-6-34-7-5-19)13-31(14-32)12-15-8-17(22(24,25)26)10-18(9-15)23(27,28)29/h2-3,8-10,14,16,19-20,30,33H,4-7,11-13H2,1H3/t16-,20+,21?/m0/s1. The van der Waals surface area contributed by atoms with Crippen LogP contribution in [-0.2, 0) is 28.4 Å². The molecule has 1 aromatic rings. The summed E-state index contributed by atoms with van der Waals surface area (Å²) in [4.78, 5) is 12.6. The SMILES string of the molecule is CC(O)(CN(C=O)Cc1cc(C(F)(F)F)cc(C(F)(F)F)c1)[C@H]1C=C[C@@H](NC2CCOCC2)C1. The molecule has 1 saturated heterocycles. The molecule has 3 rings (SSSR count). The van der Waals surface area contributed by atoms with Crippen molar-refractivity contribution in [2.24, 2.45) is 5.92 Å². The van der Waals surface area contributed by atoms with Crippen LogP contribution in [0.1, 0.15) is 42.9 Å². The summed E-state index contributed by atoms with van der Waals surface area (Å²) in [5.74, 6) is -0.348. The monoisotopic (exact) mass is 494 g/mol. The van der Waals surface area contributed by atoms with E-state index in [9.17, 15) is 36.2 Å². The molecule has 1 fully saturated rings. The number of hydrogen-bond donors (Lipinski definition) is 2. The van der Waals surface area contributed by atoms with E-state index in [4.69, 9.17) is 4.74 Å². The molecule has 0 aromatic heterocycles. The summed E-state index contributed by atoms with van der Waals surface area (Å²) in [6.07, 6.45) is -3.57. The summed E-state index contributed by atoms with van der Waals surface area (Å²) in [7, 11) is 0. The molecule has 2 aliphatic rings. The Morgan fingerprint density at radius 2 is 1.65 bits per heavy atom. The molecule has 5 nitrogen and oxygen atoms in total. The number of aliphatic hydroxyl groups is 1. The quantitative estimate of drug-likeness (QED) is 0.324. The van der Waals surface area contributed by atoms with Crippen molar-refractivity contribution in [2.45, 2.75) is 62.8 Å². The number of carbonyl (C=O) groups excluding carboxylic acids is 1. The lowest BCUT2D eigenvalue weighted by atomic mass is 9.87. The normalized spacial score (nSPS) is 23.6. The average Bonchev–Trinajstić information content (AvgIpc) is 3.22. The second-order valence-corrected chi connectivity index (χ2v) is 9.17. The van der Waals surface area contributed by atoms with Gasteiger partial charge in [-0.05, 0) is 49.9 Å².